The highest BCUT2D eigenvalue weighted by Gasteiger charge is 2.62. The summed E-state index contributed by atoms with van der Waals surface area (Å²) >= 11 is 0. The molecule has 16 heavy (non-hydrogen) atoms. The van der Waals surface area contributed by atoms with Gasteiger partial charge in [-0.3, -0.25) is 4.79 Å². The third-order valence-corrected chi connectivity index (χ3v) is 5.73. The van der Waals surface area contributed by atoms with E-state index >= 15 is 0 Å². The Labute approximate surface area is 98.3 Å². The molecule has 0 aromatic rings. The first-order valence-electron chi connectivity index (χ1n) is 6.68. The monoisotopic (exact) mass is 218 g/mol. The minimum absolute atomic E-state index is 0.0317. The van der Waals surface area contributed by atoms with Gasteiger partial charge >= 0.3 is 0 Å². The van der Waals surface area contributed by atoms with Crippen molar-refractivity contribution in [1.29, 1.82) is 0 Å². The van der Waals surface area contributed by atoms with Crippen molar-refractivity contribution in [3.63, 3.8) is 0 Å². The molecule has 3 rings (SSSR count). The maximum atomic E-state index is 12.6. The second kappa shape index (κ2) is 3.00. The van der Waals surface area contributed by atoms with Gasteiger partial charge in [0.1, 0.15) is 5.78 Å². The zero-order valence-electron chi connectivity index (χ0n) is 10.6. The molecule has 3 bridgehead atoms. The number of Topliss-reactive ketones (excluding diaryl/α,β-unsaturated/α-hetero) is 1. The molecule has 0 heterocycles. The fourth-order valence-electron chi connectivity index (χ4n) is 4.78. The zero-order chi connectivity index (χ0) is 11.7. The quantitative estimate of drug-likeness (QED) is 0.616. The standard InChI is InChI=1S/C15H22O/c1-8(2)11-6-13-9(3)10-5-12(11)14(16)15(13,4)7-10/h8,10-13H,3,5-7H2,1-2,4H3/t10-,11-,12-,13-,15+/m0/s1. The average Bonchev–Trinajstić information content (AvgIpc) is 2.32. The maximum Gasteiger partial charge on any atom is 0.142 e. The summed E-state index contributed by atoms with van der Waals surface area (Å²) in [5.41, 5.74) is 1.37. The molecule has 3 fully saturated rings. The Bertz CT molecular complexity index is 368. The van der Waals surface area contributed by atoms with Crippen molar-refractivity contribution in [2.24, 2.45) is 35.0 Å². The number of fused-ring (bicyclic) bond motifs is 2. The molecule has 0 amide bonds. The van der Waals surface area contributed by atoms with Crippen LogP contribution in [-0.4, -0.2) is 5.78 Å². The number of allylic oxidation sites excluding steroid dienone is 1. The summed E-state index contributed by atoms with van der Waals surface area (Å²) in [4.78, 5) is 12.6. The van der Waals surface area contributed by atoms with Crippen LogP contribution in [-0.2, 0) is 4.79 Å². The second-order valence-electron chi connectivity index (χ2n) is 6.80. The van der Waals surface area contributed by atoms with Crippen LogP contribution in [0.3, 0.4) is 0 Å². The SMILES string of the molecule is C=C1[C@H]2C[C@@H]3C(=O)[C@](C)(C2)[C@H]1C[C@H]3C(C)C. The van der Waals surface area contributed by atoms with Gasteiger partial charge in [0.25, 0.3) is 0 Å². The summed E-state index contributed by atoms with van der Waals surface area (Å²) in [6, 6.07) is 0. The summed E-state index contributed by atoms with van der Waals surface area (Å²) < 4.78 is 0. The molecule has 88 valence electrons. The van der Waals surface area contributed by atoms with Crippen molar-refractivity contribution in [1.82, 2.24) is 0 Å². The van der Waals surface area contributed by atoms with E-state index in [1.54, 1.807) is 0 Å². The minimum Gasteiger partial charge on any atom is -0.299 e. The summed E-state index contributed by atoms with van der Waals surface area (Å²) in [7, 11) is 0. The van der Waals surface area contributed by atoms with Gasteiger partial charge in [-0.15, -0.1) is 0 Å². The Balaban J connectivity index is 2.06. The Kier molecular flexibility index (Phi) is 1.98. The maximum absolute atomic E-state index is 12.6. The highest BCUT2D eigenvalue weighted by molar-refractivity contribution is 5.90. The molecular weight excluding hydrogens is 196 g/mol. The van der Waals surface area contributed by atoms with Gasteiger partial charge in [-0.1, -0.05) is 32.9 Å². The molecular formula is C15H22O. The normalized spacial score (nSPS) is 50.5. The number of hydrogen-bond donors (Lipinski definition) is 0. The molecule has 5 atom stereocenters. The van der Waals surface area contributed by atoms with Gasteiger partial charge in [-0.25, -0.2) is 0 Å². The molecule has 0 aromatic heterocycles. The zero-order valence-corrected chi connectivity index (χ0v) is 10.6. The summed E-state index contributed by atoms with van der Waals surface area (Å²) in [6.45, 7) is 11.0. The molecule has 0 radical (unpaired) electrons. The summed E-state index contributed by atoms with van der Waals surface area (Å²) in [6.07, 6.45) is 3.42. The van der Waals surface area contributed by atoms with Crippen LogP contribution in [0.25, 0.3) is 0 Å². The van der Waals surface area contributed by atoms with E-state index in [1.807, 2.05) is 0 Å². The van der Waals surface area contributed by atoms with E-state index in [2.05, 4.69) is 27.4 Å². The lowest BCUT2D eigenvalue weighted by Crippen LogP contribution is -2.48. The highest BCUT2D eigenvalue weighted by atomic mass is 16.1. The number of rotatable bonds is 1. The van der Waals surface area contributed by atoms with Crippen molar-refractivity contribution in [2.45, 2.75) is 40.0 Å². The largest absolute Gasteiger partial charge is 0.299 e. The van der Waals surface area contributed by atoms with Crippen molar-refractivity contribution >= 4 is 5.78 Å². The molecule has 1 nitrogen and oxygen atoms in total. The van der Waals surface area contributed by atoms with Crippen LogP contribution in [0.2, 0.25) is 0 Å². The fraction of sp³-hybridized carbons (Fsp3) is 0.800. The fourth-order valence-corrected chi connectivity index (χ4v) is 4.78. The molecule has 3 aliphatic rings. The van der Waals surface area contributed by atoms with E-state index in [0.29, 0.717) is 35.4 Å². The lowest BCUT2D eigenvalue weighted by atomic mass is 9.56. The predicted octanol–water partition coefficient (Wildman–Crippen LogP) is 3.45. The number of carbonyl (C=O) groups excluding carboxylic acids is 1. The van der Waals surface area contributed by atoms with E-state index < -0.39 is 0 Å². The third-order valence-electron chi connectivity index (χ3n) is 5.73. The first kappa shape index (κ1) is 10.6. The van der Waals surface area contributed by atoms with Crippen LogP contribution >= 0.6 is 0 Å². The van der Waals surface area contributed by atoms with Crippen molar-refractivity contribution in [3.8, 4) is 0 Å². The highest BCUT2D eigenvalue weighted by Crippen LogP contribution is 2.64. The van der Waals surface area contributed by atoms with Gasteiger partial charge in [0.15, 0.2) is 0 Å². The van der Waals surface area contributed by atoms with Crippen LogP contribution in [0.4, 0.5) is 0 Å². The predicted molar refractivity (Wildman–Crippen MR) is 64.9 cm³/mol. The Morgan fingerprint density at radius 3 is 2.69 bits per heavy atom. The first-order chi connectivity index (χ1) is 7.45. The molecule has 0 aromatic carbocycles. The van der Waals surface area contributed by atoms with Crippen LogP contribution < -0.4 is 0 Å². The van der Waals surface area contributed by atoms with Crippen LogP contribution in [0.15, 0.2) is 12.2 Å². The average molecular weight is 218 g/mol. The van der Waals surface area contributed by atoms with Crippen LogP contribution in [0.1, 0.15) is 40.0 Å². The smallest absolute Gasteiger partial charge is 0.142 e. The van der Waals surface area contributed by atoms with E-state index in [1.165, 1.54) is 12.0 Å². The lowest BCUT2D eigenvalue weighted by molar-refractivity contribution is -0.144. The van der Waals surface area contributed by atoms with Gasteiger partial charge in [0, 0.05) is 11.3 Å². The second-order valence-corrected chi connectivity index (χ2v) is 6.80. The van der Waals surface area contributed by atoms with Gasteiger partial charge < -0.3 is 0 Å². The number of carbonyl (C=O) groups is 1. The number of ketones is 1. The molecule has 0 unspecified atom stereocenters. The molecule has 0 spiro atoms. The Morgan fingerprint density at radius 2 is 2.06 bits per heavy atom. The van der Waals surface area contributed by atoms with E-state index in [-0.39, 0.29) is 5.41 Å². The summed E-state index contributed by atoms with van der Waals surface area (Å²) in [5, 5.41) is 0. The van der Waals surface area contributed by atoms with Crippen LogP contribution in [0, 0.1) is 35.0 Å². The first-order valence-corrected chi connectivity index (χ1v) is 6.68. The van der Waals surface area contributed by atoms with E-state index in [0.717, 1.165) is 12.8 Å². The third kappa shape index (κ3) is 1.05. The van der Waals surface area contributed by atoms with E-state index in [9.17, 15) is 4.79 Å². The molecule has 0 aliphatic heterocycles. The number of hydrogen-bond acceptors (Lipinski definition) is 1. The Morgan fingerprint density at radius 1 is 1.38 bits per heavy atom. The van der Waals surface area contributed by atoms with Crippen molar-refractivity contribution in [3.05, 3.63) is 12.2 Å². The summed E-state index contributed by atoms with van der Waals surface area (Å²) in [5.74, 6) is 3.33. The van der Waals surface area contributed by atoms with Gasteiger partial charge in [0.2, 0.25) is 0 Å². The van der Waals surface area contributed by atoms with Gasteiger partial charge in [-0.2, -0.15) is 0 Å². The molecule has 3 saturated carbocycles. The topological polar surface area (TPSA) is 17.1 Å². The molecule has 0 saturated heterocycles. The minimum atomic E-state index is -0.0317. The lowest BCUT2D eigenvalue weighted by Gasteiger charge is -2.46. The van der Waals surface area contributed by atoms with Gasteiger partial charge in [0.05, 0.1) is 0 Å². The Hall–Kier alpha value is -0.590. The van der Waals surface area contributed by atoms with E-state index in [4.69, 9.17) is 0 Å². The van der Waals surface area contributed by atoms with Crippen LogP contribution in [0.5, 0.6) is 0 Å². The van der Waals surface area contributed by atoms with Crippen molar-refractivity contribution < 1.29 is 4.79 Å². The van der Waals surface area contributed by atoms with Gasteiger partial charge in [-0.05, 0) is 42.9 Å². The molecule has 3 aliphatic carbocycles. The molecule has 1 heteroatoms. The molecule has 0 N–H and O–H groups in total. The van der Waals surface area contributed by atoms with Crippen molar-refractivity contribution in [2.75, 3.05) is 0 Å².